The third-order valence-electron chi connectivity index (χ3n) is 9.17. The van der Waals surface area contributed by atoms with Gasteiger partial charge < -0.3 is 9.64 Å². The highest BCUT2D eigenvalue weighted by Gasteiger charge is 2.45. The van der Waals surface area contributed by atoms with Crippen molar-refractivity contribution >= 4 is 5.97 Å². The van der Waals surface area contributed by atoms with Crippen molar-refractivity contribution < 1.29 is 9.53 Å². The fourth-order valence-electron chi connectivity index (χ4n) is 6.61. The molecule has 0 saturated carbocycles. The smallest absolute Gasteiger partial charge is 0.312 e. The molecule has 212 valence electrons. The van der Waals surface area contributed by atoms with Crippen molar-refractivity contribution in [1.82, 2.24) is 4.90 Å². The van der Waals surface area contributed by atoms with Gasteiger partial charge in [-0.3, -0.25) is 4.79 Å². The number of ether oxygens (including phenoxy) is 1. The van der Waals surface area contributed by atoms with Gasteiger partial charge in [0.1, 0.15) is 6.61 Å². The van der Waals surface area contributed by atoms with Crippen LogP contribution in [0.15, 0.2) is 30.3 Å². The topological polar surface area (TPSA) is 29.5 Å². The minimum absolute atomic E-state index is 0.0504. The van der Waals surface area contributed by atoms with Crippen LogP contribution in [0, 0.1) is 38.9 Å². The van der Waals surface area contributed by atoms with Crippen molar-refractivity contribution in [2.75, 3.05) is 20.1 Å². The summed E-state index contributed by atoms with van der Waals surface area (Å²) < 4.78 is 5.93. The molecule has 0 aliphatic carbocycles. The Hall–Kier alpha value is -1.35. The van der Waals surface area contributed by atoms with Crippen molar-refractivity contribution in [1.29, 1.82) is 0 Å². The Bertz CT molecular complexity index is 858. The van der Waals surface area contributed by atoms with Crippen LogP contribution in [0.1, 0.15) is 114 Å². The van der Waals surface area contributed by atoms with Gasteiger partial charge in [0.05, 0.1) is 5.41 Å². The number of hydrogen-bond acceptors (Lipinski definition) is 3. The lowest BCUT2D eigenvalue weighted by Crippen LogP contribution is -2.40. The average Bonchev–Trinajstić information content (AvgIpc) is 3.06. The van der Waals surface area contributed by atoms with Crippen LogP contribution in [0.4, 0.5) is 0 Å². The second kappa shape index (κ2) is 11.8. The molecule has 1 aliphatic rings. The lowest BCUT2D eigenvalue weighted by atomic mass is 9.59. The quantitative estimate of drug-likeness (QED) is 0.276. The van der Waals surface area contributed by atoms with Gasteiger partial charge >= 0.3 is 5.97 Å². The molecule has 3 heteroatoms. The molecule has 1 fully saturated rings. The molecule has 37 heavy (non-hydrogen) atoms. The summed E-state index contributed by atoms with van der Waals surface area (Å²) >= 11 is 0. The van der Waals surface area contributed by atoms with Crippen molar-refractivity contribution in [3.63, 3.8) is 0 Å². The van der Waals surface area contributed by atoms with Gasteiger partial charge in [-0.1, -0.05) is 99.6 Å². The fraction of sp³-hybridized carbons (Fsp3) is 0.794. The SMILES string of the molecule is CN1CC(CC(C)(C)C)C(CC(C)(C)C(C)(C)CCC(C)(CC(C)(C)C)C(=O)OCc2ccccc2)C1. The maximum absolute atomic E-state index is 13.5. The van der Waals surface area contributed by atoms with Crippen LogP contribution in [0.2, 0.25) is 0 Å². The Morgan fingerprint density at radius 2 is 1.32 bits per heavy atom. The third kappa shape index (κ3) is 9.72. The molecule has 0 amide bonds. The Balaban J connectivity index is 2.13. The summed E-state index contributed by atoms with van der Waals surface area (Å²) in [5.74, 6) is 1.44. The van der Waals surface area contributed by atoms with E-state index < -0.39 is 5.41 Å². The van der Waals surface area contributed by atoms with E-state index in [4.69, 9.17) is 4.74 Å². The zero-order valence-electron chi connectivity index (χ0n) is 26.5. The fourth-order valence-corrected chi connectivity index (χ4v) is 6.61. The van der Waals surface area contributed by atoms with Gasteiger partial charge in [-0.25, -0.2) is 0 Å². The normalized spacial score (nSPS) is 21.6. The van der Waals surface area contributed by atoms with Gasteiger partial charge in [-0.2, -0.15) is 0 Å². The Morgan fingerprint density at radius 1 is 0.784 bits per heavy atom. The average molecular weight is 514 g/mol. The third-order valence-corrected chi connectivity index (χ3v) is 9.17. The maximum Gasteiger partial charge on any atom is 0.312 e. The first-order valence-electron chi connectivity index (χ1n) is 14.6. The number of hydrogen-bond donors (Lipinski definition) is 0. The van der Waals surface area contributed by atoms with Crippen LogP contribution < -0.4 is 0 Å². The molecule has 3 nitrogen and oxygen atoms in total. The van der Waals surface area contributed by atoms with Crippen LogP contribution >= 0.6 is 0 Å². The summed E-state index contributed by atoms with van der Waals surface area (Å²) in [4.78, 5) is 16.1. The zero-order chi connectivity index (χ0) is 28.3. The van der Waals surface area contributed by atoms with E-state index in [0.29, 0.717) is 12.0 Å². The van der Waals surface area contributed by atoms with Crippen LogP contribution in [-0.4, -0.2) is 31.0 Å². The van der Waals surface area contributed by atoms with E-state index in [1.54, 1.807) is 0 Å². The van der Waals surface area contributed by atoms with E-state index in [1.165, 1.54) is 25.9 Å². The Kier molecular flexibility index (Phi) is 10.2. The van der Waals surface area contributed by atoms with Crippen molar-refractivity contribution in [2.24, 2.45) is 38.9 Å². The van der Waals surface area contributed by atoms with E-state index in [1.807, 2.05) is 30.3 Å². The van der Waals surface area contributed by atoms with E-state index in [-0.39, 0.29) is 22.2 Å². The van der Waals surface area contributed by atoms with Crippen molar-refractivity contribution in [3.8, 4) is 0 Å². The van der Waals surface area contributed by atoms with E-state index in [0.717, 1.165) is 36.7 Å². The molecule has 1 aromatic rings. The van der Waals surface area contributed by atoms with Crippen LogP contribution in [0.25, 0.3) is 0 Å². The monoisotopic (exact) mass is 513 g/mol. The zero-order valence-corrected chi connectivity index (χ0v) is 26.5. The predicted octanol–water partition coefficient (Wildman–Crippen LogP) is 9.01. The molecule has 2 rings (SSSR count). The molecular weight excluding hydrogens is 454 g/mol. The van der Waals surface area contributed by atoms with Crippen LogP contribution in [-0.2, 0) is 16.1 Å². The van der Waals surface area contributed by atoms with Crippen LogP contribution in [0.5, 0.6) is 0 Å². The van der Waals surface area contributed by atoms with Gasteiger partial charge in [-0.15, -0.1) is 0 Å². The standard InChI is InChI=1S/C34H59NO2/c1-30(2,3)20-27-22-35(12)23-28(27)21-33(9,10)32(7,8)18-19-34(11,25-31(4,5)6)29(36)37-24-26-16-14-13-15-17-26/h13-17,27-28H,18-25H2,1-12H3. The van der Waals surface area contributed by atoms with E-state index in [9.17, 15) is 4.79 Å². The number of benzene rings is 1. The highest BCUT2D eigenvalue weighted by Crippen LogP contribution is 2.51. The summed E-state index contributed by atoms with van der Waals surface area (Å²) in [6, 6.07) is 10.0. The summed E-state index contributed by atoms with van der Waals surface area (Å²) in [5, 5.41) is 0. The van der Waals surface area contributed by atoms with E-state index >= 15 is 0 Å². The number of carbonyl (C=O) groups excluding carboxylic acids is 1. The summed E-state index contributed by atoms with van der Waals surface area (Å²) in [7, 11) is 2.28. The molecule has 0 N–H and O–H groups in total. The minimum atomic E-state index is -0.497. The second-order valence-corrected chi connectivity index (χ2v) is 16.3. The van der Waals surface area contributed by atoms with Crippen molar-refractivity contribution in [2.45, 2.75) is 115 Å². The summed E-state index contributed by atoms with van der Waals surface area (Å²) in [5.41, 5.74) is 1.25. The summed E-state index contributed by atoms with van der Waals surface area (Å²) in [6.45, 7) is 28.5. The lowest BCUT2D eigenvalue weighted by molar-refractivity contribution is -0.159. The van der Waals surface area contributed by atoms with Gasteiger partial charge in [0.15, 0.2) is 0 Å². The Morgan fingerprint density at radius 3 is 1.84 bits per heavy atom. The molecule has 1 aliphatic heterocycles. The van der Waals surface area contributed by atoms with Gasteiger partial charge in [0.2, 0.25) is 0 Å². The minimum Gasteiger partial charge on any atom is -0.460 e. The lowest BCUT2D eigenvalue weighted by Gasteiger charge is -2.46. The molecule has 0 bridgehead atoms. The molecule has 3 unspecified atom stereocenters. The van der Waals surface area contributed by atoms with Crippen molar-refractivity contribution in [3.05, 3.63) is 35.9 Å². The number of rotatable bonds is 11. The molecule has 1 heterocycles. The number of esters is 1. The second-order valence-electron chi connectivity index (χ2n) is 16.3. The highest BCUT2D eigenvalue weighted by atomic mass is 16.5. The maximum atomic E-state index is 13.5. The molecule has 0 aromatic heterocycles. The predicted molar refractivity (Wildman–Crippen MR) is 158 cm³/mol. The first kappa shape index (κ1) is 31.9. The number of nitrogens with zero attached hydrogens (tertiary/aromatic N) is 1. The molecule has 3 atom stereocenters. The van der Waals surface area contributed by atoms with Gasteiger partial charge in [-0.05, 0) is 85.1 Å². The number of likely N-dealkylation sites (tertiary alicyclic amines) is 1. The molecular formula is C34H59NO2. The Labute approximate surface area is 230 Å². The molecule has 0 radical (unpaired) electrons. The first-order valence-corrected chi connectivity index (χ1v) is 14.6. The van der Waals surface area contributed by atoms with Gasteiger partial charge in [0, 0.05) is 13.1 Å². The largest absolute Gasteiger partial charge is 0.460 e. The van der Waals surface area contributed by atoms with Gasteiger partial charge in [0.25, 0.3) is 0 Å². The molecule has 1 aromatic carbocycles. The molecule has 0 spiro atoms. The molecule has 1 saturated heterocycles. The highest BCUT2D eigenvalue weighted by molar-refractivity contribution is 5.76. The van der Waals surface area contributed by atoms with E-state index in [2.05, 4.69) is 88.1 Å². The van der Waals surface area contributed by atoms with Crippen LogP contribution in [0.3, 0.4) is 0 Å². The summed E-state index contributed by atoms with van der Waals surface area (Å²) in [6.07, 6.45) is 5.21. The number of carbonyl (C=O) groups is 1. The first-order chi connectivity index (χ1) is 16.7.